The van der Waals surface area contributed by atoms with Crippen LogP contribution in [0.1, 0.15) is 19.6 Å². The molecule has 1 aromatic rings. The van der Waals surface area contributed by atoms with Crippen LogP contribution in [0.4, 0.5) is 0 Å². The average molecular weight is 413 g/mol. The van der Waals surface area contributed by atoms with Crippen molar-refractivity contribution in [2.24, 2.45) is 4.99 Å². The fraction of sp³-hybridized carbons (Fsp3) is 0.615. The first-order chi connectivity index (χ1) is 9.10. The van der Waals surface area contributed by atoms with Crippen LogP contribution in [-0.2, 0) is 5.60 Å². The van der Waals surface area contributed by atoms with E-state index in [1.54, 1.807) is 37.1 Å². The van der Waals surface area contributed by atoms with Crippen molar-refractivity contribution in [2.45, 2.75) is 19.4 Å². The topological polar surface area (TPSA) is 69.8 Å². The van der Waals surface area contributed by atoms with Gasteiger partial charge in [-0.1, -0.05) is 0 Å². The summed E-state index contributed by atoms with van der Waals surface area (Å²) in [6.45, 7) is 5.58. The van der Waals surface area contributed by atoms with E-state index in [0.29, 0.717) is 11.7 Å². The first kappa shape index (κ1) is 19.6. The second-order valence-corrected chi connectivity index (χ2v) is 5.35. The van der Waals surface area contributed by atoms with Gasteiger partial charge in [0.25, 0.3) is 0 Å². The van der Waals surface area contributed by atoms with Gasteiger partial charge >= 0.3 is 0 Å². The number of guanidine groups is 1. The lowest BCUT2D eigenvalue weighted by Crippen LogP contribution is -2.39. The summed E-state index contributed by atoms with van der Waals surface area (Å²) in [6.07, 6.45) is 3.61. The minimum atomic E-state index is -1.09. The van der Waals surface area contributed by atoms with Crippen molar-refractivity contribution in [2.75, 3.05) is 31.6 Å². The third-order valence-corrected chi connectivity index (χ3v) is 3.15. The van der Waals surface area contributed by atoms with Gasteiger partial charge in [-0.15, -0.1) is 24.0 Å². The van der Waals surface area contributed by atoms with E-state index in [0.717, 1.165) is 18.8 Å². The van der Waals surface area contributed by atoms with Crippen LogP contribution in [-0.4, -0.2) is 42.7 Å². The lowest BCUT2D eigenvalue weighted by atomic mass is 10.0. The van der Waals surface area contributed by atoms with Gasteiger partial charge in [0, 0.05) is 18.8 Å². The van der Waals surface area contributed by atoms with Crippen LogP contribution < -0.4 is 10.6 Å². The molecule has 0 aliphatic carbocycles. The zero-order valence-electron chi connectivity index (χ0n) is 12.2. The number of halogens is 1. The van der Waals surface area contributed by atoms with Gasteiger partial charge in [-0.05, 0) is 32.2 Å². The highest BCUT2D eigenvalue weighted by molar-refractivity contribution is 14.0. The van der Waals surface area contributed by atoms with E-state index in [4.69, 9.17) is 4.42 Å². The van der Waals surface area contributed by atoms with Gasteiger partial charge in [0.2, 0.25) is 0 Å². The number of aliphatic imine (C=N–C) groups is 1. The summed E-state index contributed by atoms with van der Waals surface area (Å²) in [5, 5.41) is 16.7. The van der Waals surface area contributed by atoms with Crippen LogP contribution >= 0.6 is 35.7 Å². The maximum absolute atomic E-state index is 10.3. The van der Waals surface area contributed by atoms with Crippen molar-refractivity contribution >= 4 is 41.7 Å². The summed E-state index contributed by atoms with van der Waals surface area (Å²) < 4.78 is 5.23. The van der Waals surface area contributed by atoms with Crippen LogP contribution in [0, 0.1) is 0 Å². The summed E-state index contributed by atoms with van der Waals surface area (Å²) in [7, 11) is 0. The van der Waals surface area contributed by atoms with Crippen LogP contribution in [0.3, 0.4) is 0 Å². The zero-order chi connectivity index (χ0) is 14.1. The molecule has 5 nitrogen and oxygen atoms in total. The number of nitrogens with zero attached hydrogens (tertiary/aromatic N) is 1. The van der Waals surface area contributed by atoms with Gasteiger partial charge in [0.05, 0.1) is 12.8 Å². The third-order valence-electron chi connectivity index (χ3n) is 2.54. The van der Waals surface area contributed by atoms with Gasteiger partial charge in [0.15, 0.2) is 5.96 Å². The van der Waals surface area contributed by atoms with E-state index >= 15 is 0 Å². The Balaban J connectivity index is 0.00000361. The molecule has 7 heteroatoms. The van der Waals surface area contributed by atoms with Crippen molar-refractivity contribution < 1.29 is 9.52 Å². The summed E-state index contributed by atoms with van der Waals surface area (Å²) in [5.74, 6) is 2.25. The molecule has 0 fully saturated rings. The van der Waals surface area contributed by atoms with Crippen molar-refractivity contribution in [1.29, 1.82) is 0 Å². The Labute approximate surface area is 142 Å². The number of hydrogen-bond donors (Lipinski definition) is 3. The normalized spacial score (nSPS) is 14.3. The predicted octanol–water partition coefficient (Wildman–Crippen LogP) is 2.02. The Bertz CT molecular complexity index is 383. The molecule has 0 amide bonds. The molecule has 1 heterocycles. The first-order valence-corrected chi connectivity index (χ1v) is 7.77. The van der Waals surface area contributed by atoms with E-state index < -0.39 is 5.60 Å². The van der Waals surface area contributed by atoms with Crippen LogP contribution in [0.15, 0.2) is 27.8 Å². The highest BCUT2D eigenvalue weighted by Gasteiger charge is 2.25. The molecule has 0 radical (unpaired) electrons. The number of thioether (sulfide) groups is 1. The fourth-order valence-electron chi connectivity index (χ4n) is 1.51. The van der Waals surface area contributed by atoms with Gasteiger partial charge in [-0.25, -0.2) is 4.99 Å². The largest absolute Gasteiger partial charge is 0.466 e. The van der Waals surface area contributed by atoms with Gasteiger partial charge in [-0.2, -0.15) is 11.8 Å². The Kier molecular flexibility index (Phi) is 10.1. The lowest BCUT2D eigenvalue weighted by molar-refractivity contribution is 0.0437. The molecule has 116 valence electrons. The van der Waals surface area contributed by atoms with Gasteiger partial charge < -0.3 is 20.2 Å². The quantitative estimate of drug-likeness (QED) is 0.276. The average Bonchev–Trinajstić information content (AvgIpc) is 2.91. The Morgan fingerprint density at radius 1 is 1.50 bits per heavy atom. The van der Waals surface area contributed by atoms with Crippen molar-refractivity contribution in [3.8, 4) is 0 Å². The summed E-state index contributed by atoms with van der Waals surface area (Å²) in [6, 6.07) is 3.51. The molecule has 1 aromatic heterocycles. The monoisotopic (exact) mass is 413 g/mol. The highest BCUT2D eigenvalue weighted by atomic mass is 127. The molecule has 20 heavy (non-hydrogen) atoms. The number of furan rings is 1. The summed E-state index contributed by atoms with van der Waals surface area (Å²) >= 11 is 1.77. The van der Waals surface area contributed by atoms with Crippen molar-refractivity contribution in [3.05, 3.63) is 24.2 Å². The number of nitrogens with one attached hydrogen (secondary N) is 2. The second kappa shape index (κ2) is 10.3. The fourth-order valence-corrected chi connectivity index (χ4v) is 1.82. The van der Waals surface area contributed by atoms with Gasteiger partial charge in [-0.3, -0.25) is 0 Å². The SMILES string of the molecule is CCNC(=NCC(C)(O)c1ccco1)NCCSC.I. The second-order valence-electron chi connectivity index (χ2n) is 4.37. The Morgan fingerprint density at radius 3 is 2.80 bits per heavy atom. The zero-order valence-corrected chi connectivity index (χ0v) is 15.3. The predicted molar refractivity (Wildman–Crippen MR) is 96.1 cm³/mol. The molecule has 0 bridgehead atoms. The smallest absolute Gasteiger partial charge is 0.191 e. The third kappa shape index (κ3) is 6.85. The van der Waals surface area contributed by atoms with E-state index in [1.807, 2.05) is 6.92 Å². The molecule has 0 aliphatic heterocycles. The van der Waals surface area contributed by atoms with Crippen molar-refractivity contribution in [3.63, 3.8) is 0 Å². The summed E-state index contributed by atoms with van der Waals surface area (Å²) in [5.41, 5.74) is -1.09. The van der Waals surface area contributed by atoms with Crippen LogP contribution in [0.2, 0.25) is 0 Å². The molecule has 0 saturated carbocycles. The van der Waals surface area contributed by atoms with E-state index in [9.17, 15) is 5.11 Å². The molecule has 0 aliphatic rings. The molecule has 0 aromatic carbocycles. The number of hydrogen-bond acceptors (Lipinski definition) is 4. The molecule has 3 N–H and O–H groups in total. The summed E-state index contributed by atoms with van der Waals surface area (Å²) in [4.78, 5) is 4.39. The molecule has 1 rings (SSSR count). The number of rotatable bonds is 7. The van der Waals surface area contributed by atoms with Crippen LogP contribution in [0.5, 0.6) is 0 Å². The number of aliphatic hydroxyl groups is 1. The maximum Gasteiger partial charge on any atom is 0.191 e. The Hall–Kier alpha value is -0.410. The van der Waals surface area contributed by atoms with E-state index in [2.05, 4.69) is 21.9 Å². The highest BCUT2D eigenvalue weighted by Crippen LogP contribution is 2.20. The minimum Gasteiger partial charge on any atom is -0.466 e. The van der Waals surface area contributed by atoms with Gasteiger partial charge in [0.1, 0.15) is 11.4 Å². The minimum absolute atomic E-state index is 0. The van der Waals surface area contributed by atoms with E-state index in [-0.39, 0.29) is 30.5 Å². The molecular formula is C13H24IN3O2S. The lowest BCUT2D eigenvalue weighted by Gasteiger charge is -2.19. The van der Waals surface area contributed by atoms with Crippen LogP contribution in [0.25, 0.3) is 0 Å². The first-order valence-electron chi connectivity index (χ1n) is 6.37. The maximum atomic E-state index is 10.3. The van der Waals surface area contributed by atoms with E-state index in [1.165, 1.54) is 0 Å². The Morgan fingerprint density at radius 2 is 2.25 bits per heavy atom. The molecule has 0 spiro atoms. The molecular weight excluding hydrogens is 389 g/mol. The molecule has 1 atom stereocenters. The molecule has 0 saturated heterocycles. The van der Waals surface area contributed by atoms with Crippen molar-refractivity contribution in [1.82, 2.24) is 10.6 Å². The molecule has 1 unspecified atom stereocenters. The standard InChI is InChI=1S/C13H23N3O2S.HI/c1-4-14-12(15-7-9-19-3)16-10-13(2,17)11-6-5-8-18-11;/h5-6,8,17H,4,7,9-10H2,1-3H3,(H2,14,15,16);1H.